The Morgan fingerprint density at radius 3 is 2.53 bits per heavy atom. The van der Waals surface area contributed by atoms with Crippen molar-refractivity contribution in [3.8, 4) is 0 Å². The lowest BCUT2D eigenvalue weighted by atomic mass is 10.2. The number of alkyl halides is 3. The summed E-state index contributed by atoms with van der Waals surface area (Å²) in [4.78, 5) is 5.33. The molecule has 96 valence electrons. The lowest BCUT2D eigenvalue weighted by Crippen LogP contribution is -2.33. The van der Waals surface area contributed by atoms with E-state index in [-0.39, 0.29) is 16.9 Å². The molecule has 1 aromatic rings. The Balaban J connectivity index is 2.98. The lowest BCUT2D eigenvalue weighted by molar-refractivity contribution is -0.137. The van der Waals surface area contributed by atoms with Gasteiger partial charge in [-0.1, -0.05) is 11.6 Å². The van der Waals surface area contributed by atoms with Crippen molar-refractivity contribution in [2.75, 3.05) is 18.5 Å². The molecule has 1 heterocycles. The smallest absolute Gasteiger partial charge is 0.357 e. The van der Waals surface area contributed by atoms with Crippen LogP contribution >= 0.6 is 11.6 Å². The van der Waals surface area contributed by atoms with E-state index in [9.17, 15) is 13.2 Å². The molecule has 0 saturated carbocycles. The molecule has 7 heteroatoms. The van der Waals surface area contributed by atoms with Crippen molar-refractivity contribution in [2.45, 2.75) is 19.1 Å². The minimum Gasteiger partial charge on any atom is -0.357 e. The molecule has 1 unspecified atom stereocenters. The Morgan fingerprint density at radius 1 is 1.53 bits per heavy atom. The van der Waals surface area contributed by atoms with E-state index in [4.69, 9.17) is 17.3 Å². The standard InChI is InChI=1S/C10H13ClF3N3/c1-6(15)5-17(2)9-8(11)3-7(4-16-9)10(12,13)14/h3-4,6H,5,15H2,1-2H3. The average Bonchev–Trinajstić information content (AvgIpc) is 2.14. The largest absolute Gasteiger partial charge is 0.417 e. The first-order valence-corrected chi connectivity index (χ1v) is 5.29. The number of hydrogen-bond donors (Lipinski definition) is 1. The highest BCUT2D eigenvalue weighted by atomic mass is 35.5. The number of rotatable bonds is 3. The number of likely N-dealkylation sites (N-methyl/N-ethyl adjacent to an activating group) is 1. The number of nitrogens with zero attached hydrogens (tertiary/aromatic N) is 2. The maximum absolute atomic E-state index is 12.4. The van der Waals surface area contributed by atoms with Crippen LogP contribution in [0.3, 0.4) is 0 Å². The van der Waals surface area contributed by atoms with E-state index in [1.807, 2.05) is 0 Å². The molecule has 2 N–H and O–H groups in total. The summed E-state index contributed by atoms with van der Waals surface area (Å²) in [6.45, 7) is 2.24. The zero-order valence-electron chi connectivity index (χ0n) is 9.42. The molecule has 0 bridgehead atoms. The molecule has 0 radical (unpaired) electrons. The van der Waals surface area contributed by atoms with Crippen LogP contribution in [-0.4, -0.2) is 24.6 Å². The van der Waals surface area contributed by atoms with Gasteiger partial charge in [0, 0.05) is 25.8 Å². The number of anilines is 1. The second kappa shape index (κ2) is 5.10. The molecular formula is C10H13ClF3N3. The van der Waals surface area contributed by atoms with Crippen molar-refractivity contribution >= 4 is 17.4 Å². The molecule has 0 aliphatic carbocycles. The van der Waals surface area contributed by atoms with Crippen molar-refractivity contribution in [3.63, 3.8) is 0 Å². The van der Waals surface area contributed by atoms with Crippen molar-refractivity contribution in [1.82, 2.24) is 4.98 Å². The fraction of sp³-hybridized carbons (Fsp3) is 0.500. The van der Waals surface area contributed by atoms with Crippen LogP contribution in [0.2, 0.25) is 5.02 Å². The quantitative estimate of drug-likeness (QED) is 0.915. The molecule has 0 aromatic carbocycles. The molecule has 0 aliphatic heterocycles. The van der Waals surface area contributed by atoms with Gasteiger partial charge in [-0.2, -0.15) is 13.2 Å². The Hall–Kier alpha value is -1.01. The van der Waals surface area contributed by atoms with Gasteiger partial charge >= 0.3 is 6.18 Å². The summed E-state index contributed by atoms with van der Waals surface area (Å²) in [5.74, 6) is 0.289. The second-order valence-corrected chi connectivity index (χ2v) is 4.29. The van der Waals surface area contributed by atoms with Gasteiger partial charge in [0.1, 0.15) is 5.82 Å². The van der Waals surface area contributed by atoms with Gasteiger partial charge in [-0.25, -0.2) is 4.98 Å². The molecule has 0 saturated heterocycles. The zero-order valence-corrected chi connectivity index (χ0v) is 10.2. The second-order valence-electron chi connectivity index (χ2n) is 3.88. The van der Waals surface area contributed by atoms with Gasteiger partial charge in [0.15, 0.2) is 0 Å². The van der Waals surface area contributed by atoms with Gasteiger partial charge in [-0.05, 0) is 13.0 Å². The molecule has 0 fully saturated rings. The Kier molecular flexibility index (Phi) is 4.21. The van der Waals surface area contributed by atoms with Crippen LogP contribution in [0.25, 0.3) is 0 Å². The SMILES string of the molecule is CC(N)CN(C)c1ncc(C(F)(F)F)cc1Cl. The van der Waals surface area contributed by atoms with Crippen molar-refractivity contribution < 1.29 is 13.2 Å². The molecule has 1 atom stereocenters. The summed E-state index contributed by atoms with van der Waals surface area (Å²) in [5, 5.41) is -0.0389. The van der Waals surface area contributed by atoms with Gasteiger partial charge in [0.05, 0.1) is 10.6 Å². The predicted octanol–water partition coefficient (Wildman–Crippen LogP) is 2.54. The first-order valence-electron chi connectivity index (χ1n) is 4.91. The van der Waals surface area contributed by atoms with Crippen LogP contribution in [0.1, 0.15) is 12.5 Å². The van der Waals surface area contributed by atoms with E-state index in [0.717, 1.165) is 12.3 Å². The van der Waals surface area contributed by atoms with Crippen molar-refractivity contribution in [3.05, 3.63) is 22.8 Å². The molecular weight excluding hydrogens is 255 g/mol. The van der Waals surface area contributed by atoms with Gasteiger partial charge in [-0.15, -0.1) is 0 Å². The lowest BCUT2D eigenvalue weighted by Gasteiger charge is -2.21. The van der Waals surface area contributed by atoms with Gasteiger partial charge in [0.25, 0.3) is 0 Å². The first kappa shape index (κ1) is 14.1. The van der Waals surface area contributed by atoms with E-state index < -0.39 is 11.7 Å². The summed E-state index contributed by atoms with van der Waals surface area (Å²) in [7, 11) is 1.67. The third kappa shape index (κ3) is 3.74. The third-order valence-corrected chi connectivity index (χ3v) is 2.35. The molecule has 0 amide bonds. The Bertz CT molecular complexity index is 393. The van der Waals surface area contributed by atoms with Crippen molar-refractivity contribution in [2.24, 2.45) is 5.73 Å². The number of pyridine rings is 1. The highest BCUT2D eigenvalue weighted by Crippen LogP contribution is 2.33. The molecule has 3 nitrogen and oxygen atoms in total. The molecule has 0 aliphatic rings. The van der Waals surface area contributed by atoms with Crippen LogP contribution in [0.5, 0.6) is 0 Å². The number of nitrogens with two attached hydrogens (primary N) is 1. The molecule has 17 heavy (non-hydrogen) atoms. The van der Waals surface area contributed by atoms with E-state index in [1.54, 1.807) is 18.9 Å². The summed E-state index contributed by atoms with van der Waals surface area (Å²) in [6.07, 6.45) is -3.67. The van der Waals surface area contributed by atoms with E-state index in [1.165, 1.54) is 0 Å². The molecule has 0 spiro atoms. The van der Waals surface area contributed by atoms with Crippen LogP contribution in [-0.2, 0) is 6.18 Å². The molecule has 1 rings (SSSR count). The maximum Gasteiger partial charge on any atom is 0.417 e. The fourth-order valence-corrected chi connectivity index (χ4v) is 1.70. The minimum atomic E-state index is -4.44. The van der Waals surface area contributed by atoms with Crippen LogP contribution in [0, 0.1) is 0 Å². The monoisotopic (exact) mass is 267 g/mol. The van der Waals surface area contributed by atoms with Gasteiger partial charge in [-0.3, -0.25) is 0 Å². The summed E-state index contributed by atoms with van der Waals surface area (Å²) in [6, 6.07) is 0.738. The van der Waals surface area contributed by atoms with Crippen molar-refractivity contribution in [1.29, 1.82) is 0 Å². The highest BCUT2D eigenvalue weighted by molar-refractivity contribution is 6.33. The van der Waals surface area contributed by atoms with Gasteiger partial charge in [0.2, 0.25) is 0 Å². The van der Waals surface area contributed by atoms with E-state index in [0.29, 0.717) is 6.54 Å². The average molecular weight is 268 g/mol. The van der Waals surface area contributed by atoms with Crippen LogP contribution in [0.15, 0.2) is 12.3 Å². The highest BCUT2D eigenvalue weighted by Gasteiger charge is 2.31. The number of hydrogen-bond acceptors (Lipinski definition) is 3. The fourth-order valence-electron chi connectivity index (χ4n) is 1.39. The Labute approximate surface area is 102 Å². The van der Waals surface area contributed by atoms with Gasteiger partial charge < -0.3 is 10.6 Å². The number of halogens is 4. The minimum absolute atomic E-state index is 0.0389. The maximum atomic E-state index is 12.4. The van der Waals surface area contributed by atoms with E-state index >= 15 is 0 Å². The predicted molar refractivity (Wildman–Crippen MR) is 61.2 cm³/mol. The first-order chi connectivity index (χ1) is 7.71. The van der Waals surface area contributed by atoms with Crippen LogP contribution < -0.4 is 10.6 Å². The summed E-state index contributed by atoms with van der Waals surface area (Å²) in [5.41, 5.74) is 4.73. The van der Waals surface area contributed by atoms with Crippen LogP contribution in [0.4, 0.5) is 19.0 Å². The topological polar surface area (TPSA) is 42.1 Å². The Morgan fingerprint density at radius 2 is 2.12 bits per heavy atom. The summed E-state index contributed by atoms with van der Waals surface area (Å²) < 4.78 is 37.1. The number of aromatic nitrogens is 1. The third-order valence-electron chi connectivity index (χ3n) is 2.07. The summed E-state index contributed by atoms with van der Waals surface area (Å²) >= 11 is 5.77. The molecule has 1 aromatic heterocycles. The van der Waals surface area contributed by atoms with E-state index in [2.05, 4.69) is 4.98 Å². The zero-order chi connectivity index (χ0) is 13.2. The normalized spacial score (nSPS) is 13.6.